The summed E-state index contributed by atoms with van der Waals surface area (Å²) >= 11 is 0. The lowest BCUT2D eigenvalue weighted by atomic mass is 9.63. The van der Waals surface area contributed by atoms with E-state index in [2.05, 4.69) is 115 Å². The van der Waals surface area contributed by atoms with Crippen LogP contribution in [0.1, 0.15) is 11.1 Å². The average Bonchev–Trinajstić information content (AvgIpc) is 3.56. The van der Waals surface area contributed by atoms with Crippen LogP contribution in [0.15, 0.2) is 152 Å². The summed E-state index contributed by atoms with van der Waals surface area (Å²) in [5, 5.41) is 0. The first-order chi connectivity index (χ1) is 21.3. The lowest BCUT2D eigenvalue weighted by Gasteiger charge is -2.39. The Kier molecular flexibility index (Phi) is 5.36. The number of benzene rings is 4. The smallest absolute Gasteiger partial charge is 0.164 e. The lowest BCUT2D eigenvalue weighted by Crippen LogP contribution is -2.37. The first kappa shape index (κ1) is 24.4. The molecular formula is C40H29N3. The molecule has 0 saturated heterocycles. The van der Waals surface area contributed by atoms with E-state index in [0.717, 1.165) is 16.7 Å². The van der Waals surface area contributed by atoms with E-state index in [1.54, 1.807) is 0 Å². The lowest BCUT2D eigenvalue weighted by molar-refractivity contribution is 0.371. The zero-order chi connectivity index (χ0) is 28.4. The van der Waals surface area contributed by atoms with E-state index in [0.29, 0.717) is 41.1 Å². The number of hydrogen-bond acceptors (Lipinski definition) is 3. The van der Waals surface area contributed by atoms with Gasteiger partial charge in [-0.25, -0.2) is 15.0 Å². The molecule has 5 aromatic rings. The molecule has 1 saturated carbocycles. The predicted molar refractivity (Wildman–Crippen MR) is 173 cm³/mol. The normalized spacial score (nSPS) is 25.4. The summed E-state index contributed by atoms with van der Waals surface area (Å²) in [5.41, 5.74) is 8.32. The van der Waals surface area contributed by atoms with Crippen LogP contribution in [0.4, 0.5) is 0 Å². The molecule has 4 atom stereocenters. The maximum Gasteiger partial charge on any atom is 0.164 e. The van der Waals surface area contributed by atoms with Gasteiger partial charge in [0.1, 0.15) is 0 Å². The van der Waals surface area contributed by atoms with E-state index >= 15 is 0 Å². The Labute approximate surface area is 251 Å². The Morgan fingerprint density at radius 2 is 0.907 bits per heavy atom. The van der Waals surface area contributed by atoms with Crippen molar-refractivity contribution in [2.75, 3.05) is 0 Å². The second kappa shape index (κ2) is 9.43. The molecular weight excluding hydrogens is 522 g/mol. The number of rotatable bonds is 3. The zero-order valence-corrected chi connectivity index (χ0v) is 23.6. The second-order valence-electron chi connectivity index (χ2n) is 12.0. The molecule has 204 valence electrons. The molecule has 4 aromatic carbocycles. The molecule has 0 aliphatic heterocycles. The number of nitrogens with zero attached hydrogens (tertiary/aromatic N) is 3. The van der Waals surface area contributed by atoms with Crippen LogP contribution in [-0.2, 0) is 5.41 Å². The third-order valence-corrected chi connectivity index (χ3v) is 9.94. The molecule has 1 spiro atoms. The molecule has 0 N–H and O–H groups in total. The minimum atomic E-state index is -0.119. The Morgan fingerprint density at radius 1 is 0.419 bits per heavy atom. The summed E-state index contributed by atoms with van der Waals surface area (Å²) < 4.78 is 0. The van der Waals surface area contributed by atoms with Crippen molar-refractivity contribution in [3.05, 3.63) is 163 Å². The van der Waals surface area contributed by atoms with Gasteiger partial charge in [-0.05, 0) is 52.0 Å². The van der Waals surface area contributed by atoms with Crippen LogP contribution in [0, 0.1) is 23.7 Å². The minimum Gasteiger partial charge on any atom is -0.208 e. The Balaban J connectivity index is 1.26. The summed E-state index contributed by atoms with van der Waals surface area (Å²) in [6, 6.07) is 36.4. The molecule has 3 heteroatoms. The molecule has 1 aromatic heterocycles. The Bertz CT molecular complexity index is 1910. The van der Waals surface area contributed by atoms with Crippen molar-refractivity contribution >= 4 is 0 Å². The van der Waals surface area contributed by atoms with Gasteiger partial charge in [0.25, 0.3) is 0 Å². The minimum absolute atomic E-state index is 0.119. The first-order valence-corrected chi connectivity index (χ1v) is 15.1. The van der Waals surface area contributed by atoms with E-state index in [4.69, 9.17) is 15.0 Å². The van der Waals surface area contributed by atoms with Gasteiger partial charge in [0, 0.05) is 22.1 Å². The fraction of sp³-hybridized carbons (Fsp3) is 0.125. The molecule has 4 unspecified atom stereocenters. The molecule has 3 nitrogen and oxygen atoms in total. The van der Waals surface area contributed by atoms with Crippen LogP contribution in [-0.4, -0.2) is 15.0 Å². The molecule has 0 amide bonds. The fourth-order valence-corrected chi connectivity index (χ4v) is 8.26. The largest absolute Gasteiger partial charge is 0.208 e. The van der Waals surface area contributed by atoms with Crippen LogP contribution in [0.25, 0.3) is 45.3 Å². The fourth-order valence-electron chi connectivity index (χ4n) is 8.26. The molecule has 9 rings (SSSR count). The maximum absolute atomic E-state index is 5.04. The maximum atomic E-state index is 5.04. The summed E-state index contributed by atoms with van der Waals surface area (Å²) in [5.74, 6) is 3.78. The average molecular weight is 552 g/mol. The third-order valence-electron chi connectivity index (χ3n) is 9.94. The standard InChI is InChI=1S/C40H29N3/c1-3-13-26(14-4-1)37-41-38(27-15-5-2-6-16-27)43-39(42-37)28-23-24-36-32(25-28)31-19-9-12-22-35(31)40(36)33-20-10-7-17-29(33)30-18-8-11-21-34(30)40/h1-25,29-30,33-34H. The first-order valence-electron chi connectivity index (χ1n) is 15.1. The molecule has 1 fully saturated rings. The number of aromatic nitrogens is 3. The van der Waals surface area contributed by atoms with Crippen molar-refractivity contribution in [3.8, 4) is 45.3 Å². The quantitative estimate of drug-likeness (QED) is 0.225. The highest BCUT2D eigenvalue weighted by Gasteiger charge is 2.62. The van der Waals surface area contributed by atoms with E-state index in [1.807, 2.05) is 36.4 Å². The third kappa shape index (κ3) is 3.51. The molecule has 4 aliphatic rings. The number of hydrogen-bond donors (Lipinski definition) is 0. The highest BCUT2D eigenvalue weighted by Crippen LogP contribution is 2.67. The van der Waals surface area contributed by atoms with Gasteiger partial charge < -0.3 is 0 Å². The van der Waals surface area contributed by atoms with Gasteiger partial charge in [-0.3, -0.25) is 0 Å². The van der Waals surface area contributed by atoms with E-state index in [1.165, 1.54) is 22.3 Å². The van der Waals surface area contributed by atoms with Gasteiger partial charge in [-0.15, -0.1) is 0 Å². The highest BCUT2D eigenvalue weighted by molar-refractivity contribution is 5.85. The van der Waals surface area contributed by atoms with Crippen LogP contribution in [0.5, 0.6) is 0 Å². The van der Waals surface area contributed by atoms with Gasteiger partial charge in [-0.1, -0.05) is 146 Å². The zero-order valence-electron chi connectivity index (χ0n) is 23.6. The summed E-state index contributed by atoms with van der Waals surface area (Å²) in [7, 11) is 0. The van der Waals surface area contributed by atoms with Gasteiger partial charge in [0.15, 0.2) is 17.5 Å². The van der Waals surface area contributed by atoms with Crippen molar-refractivity contribution < 1.29 is 0 Å². The molecule has 4 aliphatic carbocycles. The van der Waals surface area contributed by atoms with Crippen molar-refractivity contribution in [1.82, 2.24) is 15.0 Å². The van der Waals surface area contributed by atoms with Gasteiger partial charge in [0.2, 0.25) is 0 Å². The topological polar surface area (TPSA) is 38.7 Å². The van der Waals surface area contributed by atoms with E-state index in [9.17, 15) is 0 Å². The van der Waals surface area contributed by atoms with Crippen LogP contribution < -0.4 is 0 Å². The van der Waals surface area contributed by atoms with E-state index < -0.39 is 0 Å². The summed E-state index contributed by atoms with van der Waals surface area (Å²) in [4.78, 5) is 15.0. The predicted octanol–water partition coefficient (Wildman–Crippen LogP) is 8.87. The Hall–Kier alpha value is -5.15. The van der Waals surface area contributed by atoms with Crippen LogP contribution in [0.2, 0.25) is 0 Å². The van der Waals surface area contributed by atoms with Crippen molar-refractivity contribution in [3.63, 3.8) is 0 Å². The van der Waals surface area contributed by atoms with Crippen molar-refractivity contribution in [2.45, 2.75) is 5.41 Å². The summed E-state index contributed by atoms with van der Waals surface area (Å²) in [6.45, 7) is 0. The molecule has 0 radical (unpaired) electrons. The number of fused-ring (bicyclic) bond motifs is 10. The van der Waals surface area contributed by atoms with Gasteiger partial charge in [-0.2, -0.15) is 0 Å². The second-order valence-corrected chi connectivity index (χ2v) is 12.0. The van der Waals surface area contributed by atoms with Gasteiger partial charge in [0.05, 0.1) is 0 Å². The SMILES string of the molecule is C1=CC2C3C=CC=CC3C3(c4ccccc4-c4cc(-c5nc(-c6ccccc6)nc(-c6ccccc6)n5)ccc43)C2C=C1. The van der Waals surface area contributed by atoms with Gasteiger partial charge >= 0.3 is 0 Å². The molecule has 1 heterocycles. The summed E-state index contributed by atoms with van der Waals surface area (Å²) in [6.07, 6.45) is 18.8. The molecule has 0 bridgehead atoms. The van der Waals surface area contributed by atoms with Crippen LogP contribution >= 0.6 is 0 Å². The molecule has 43 heavy (non-hydrogen) atoms. The van der Waals surface area contributed by atoms with Crippen molar-refractivity contribution in [2.24, 2.45) is 23.7 Å². The van der Waals surface area contributed by atoms with Crippen molar-refractivity contribution in [1.29, 1.82) is 0 Å². The monoisotopic (exact) mass is 551 g/mol. The van der Waals surface area contributed by atoms with Crippen LogP contribution in [0.3, 0.4) is 0 Å². The Morgan fingerprint density at radius 3 is 1.51 bits per heavy atom. The van der Waals surface area contributed by atoms with E-state index in [-0.39, 0.29) is 5.41 Å². The highest BCUT2D eigenvalue weighted by atomic mass is 15.0. The number of allylic oxidation sites excluding steroid dienone is 8.